The van der Waals surface area contributed by atoms with Gasteiger partial charge in [-0.15, -0.1) is 11.3 Å². The van der Waals surface area contributed by atoms with Crippen LogP contribution < -0.4 is 5.32 Å². The highest BCUT2D eigenvalue weighted by Crippen LogP contribution is 2.29. The second kappa shape index (κ2) is 9.85. The van der Waals surface area contributed by atoms with Crippen LogP contribution in [-0.2, 0) is 22.4 Å². The van der Waals surface area contributed by atoms with Crippen LogP contribution in [0.5, 0.6) is 0 Å². The zero-order valence-corrected chi connectivity index (χ0v) is 18.0. The Morgan fingerprint density at radius 3 is 2.44 bits per heavy atom. The SMILES string of the molecule is CCOC(=O)c1cc(CC)sc1NC(=O)CCc1c(C)nc(SC)nc1C. The molecule has 0 bridgehead atoms. The van der Waals surface area contributed by atoms with Crippen LogP contribution in [0, 0.1) is 13.8 Å². The summed E-state index contributed by atoms with van der Waals surface area (Å²) in [5.41, 5.74) is 3.22. The first-order chi connectivity index (χ1) is 12.9. The molecule has 27 heavy (non-hydrogen) atoms. The maximum Gasteiger partial charge on any atom is 0.341 e. The number of carbonyl (C=O) groups is 2. The lowest BCUT2D eigenvalue weighted by atomic mass is 10.1. The van der Waals surface area contributed by atoms with Crippen LogP contribution >= 0.6 is 23.1 Å². The van der Waals surface area contributed by atoms with Crippen molar-refractivity contribution in [2.75, 3.05) is 18.2 Å². The Kier molecular flexibility index (Phi) is 7.79. The third kappa shape index (κ3) is 5.52. The van der Waals surface area contributed by atoms with E-state index in [2.05, 4.69) is 15.3 Å². The van der Waals surface area contributed by atoms with Crippen molar-refractivity contribution in [1.82, 2.24) is 9.97 Å². The third-order valence-electron chi connectivity index (χ3n) is 4.06. The Labute approximate surface area is 168 Å². The van der Waals surface area contributed by atoms with Crippen molar-refractivity contribution in [1.29, 1.82) is 0 Å². The normalized spacial score (nSPS) is 10.7. The Morgan fingerprint density at radius 2 is 1.89 bits per heavy atom. The molecule has 2 aromatic rings. The molecule has 0 atom stereocenters. The predicted octanol–water partition coefficient (Wildman–Crippen LogP) is 4.19. The molecular weight excluding hydrogens is 382 g/mol. The van der Waals surface area contributed by atoms with Crippen LogP contribution in [-0.4, -0.2) is 34.7 Å². The van der Waals surface area contributed by atoms with Gasteiger partial charge in [-0.1, -0.05) is 18.7 Å². The first-order valence-electron chi connectivity index (χ1n) is 8.87. The van der Waals surface area contributed by atoms with E-state index in [-0.39, 0.29) is 5.91 Å². The zero-order valence-electron chi connectivity index (χ0n) is 16.3. The summed E-state index contributed by atoms with van der Waals surface area (Å²) in [5, 5.41) is 4.16. The molecule has 2 heterocycles. The highest BCUT2D eigenvalue weighted by molar-refractivity contribution is 7.98. The summed E-state index contributed by atoms with van der Waals surface area (Å²) in [5.74, 6) is -0.547. The minimum atomic E-state index is -0.406. The largest absolute Gasteiger partial charge is 0.462 e. The van der Waals surface area contributed by atoms with Crippen molar-refractivity contribution >= 4 is 40.0 Å². The van der Waals surface area contributed by atoms with Crippen molar-refractivity contribution in [2.24, 2.45) is 0 Å². The number of nitrogens with zero attached hydrogens (tertiary/aromatic N) is 2. The van der Waals surface area contributed by atoms with Crippen LogP contribution in [0.25, 0.3) is 0 Å². The first kappa shape index (κ1) is 21.4. The molecule has 1 amide bonds. The highest BCUT2D eigenvalue weighted by atomic mass is 32.2. The number of anilines is 1. The molecule has 2 aromatic heterocycles. The number of ether oxygens (including phenoxy) is 1. The van der Waals surface area contributed by atoms with E-state index in [1.165, 1.54) is 23.1 Å². The van der Waals surface area contributed by atoms with Crippen LogP contribution in [0.3, 0.4) is 0 Å². The van der Waals surface area contributed by atoms with Gasteiger partial charge in [0.25, 0.3) is 0 Å². The minimum absolute atomic E-state index is 0.141. The van der Waals surface area contributed by atoms with Crippen molar-refractivity contribution in [3.05, 3.63) is 33.5 Å². The lowest BCUT2D eigenvalue weighted by Crippen LogP contribution is -2.15. The molecule has 0 radical (unpaired) electrons. The summed E-state index contributed by atoms with van der Waals surface area (Å²) in [6.07, 6.45) is 3.59. The van der Waals surface area contributed by atoms with E-state index in [9.17, 15) is 9.59 Å². The number of rotatable bonds is 8. The number of aryl methyl sites for hydroxylation is 3. The van der Waals surface area contributed by atoms with Crippen LogP contribution in [0.15, 0.2) is 11.2 Å². The monoisotopic (exact) mass is 407 g/mol. The number of nitrogens with one attached hydrogen (secondary N) is 1. The van der Waals surface area contributed by atoms with Crippen LogP contribution in [0.1, 0.15) is 52.5 Å². The fraction of sp³-hybridized carbons (Fsp3) is 0.474. The molecule has 0 aliphatic carbocycles. The Bertz CT molecular complexity index is 811. The molecule has 0 aromatic carbocycles. The summed E-state index contributed by atoms with van der Waals surface area (Å²) in [7, 11) is 0. The molecule has 1 N–H and O–H groups in total. The van der Waals surface area contributed by atoms with Gasteiger partial charge in [0.15, 0.2) is 5.16 Å². The number of hydrogen-bond donors (Lipinski definition) is 1. The Balaban J connectivity index is 2.08. The molecule has 8 heteroatoms. The standard InChI is InChI=1S/C19H25N3O3S2/c1-6-13-10-15(18(24)25-7-2)17(27-13)22-16(23)9-8-14-11(3)20-19(26-5)21-12(14)4/h10H,6-9H2,1-5H3,(H,22,23). The van der Waals surface area contributed by atoms with Gasteiger partial charge in [0.1, 0.15) is 5.00 Å². The summed E-state index contributed by atoms with van der Waals surface area (Å²) in [6.45, 7) is 7.95. The number of amides is 1. The molecule has 6 nitrogen and oxygen atoms in total. The van der Waals surface area contributed by atoms with Gasteiger partial charge in [0.05, 0.1) is 12.2 Å². The molecular formula is C19H25N3O3S2. The molecule has 0 spiro atoms. The fourth-order valence-electron chi connectivity index (χ4n) is 2.66. The van der Waals surface area contributed by atoms with Gasteiger partial charge in [-0.25, -0.2) is 14.8 Å². The summed E-state index contributed by atoms with van der Waals surface area (Å²) < 4.78 is 5.09. The quantitative estimate of drug-likeness (QED) is 0.401. The maximum atomic E-state index is 12.5. The second-order valence-corrected chi connectivity index (χ2v) is 7.85. The van der Waals surface area contributed by atoms with Gasteiger partial charge < -0.3 is 10.1 Å². The molecule has 0 fully saturated rings. The van der Waals surface area contributed by atoms with Crippen molar-refractivity contribution in [2.45, 2.75) is 52.1 Å². The van der Waals surface area contributed by atoms with Gasteiger partial charge >= 0.3 is 5.97 Å². The molecule has 0 saturated heterocycles. The van der Waals surface area contributed by atoms with Crippen LogP contribution in [0.2, 0.25) is 0 Å². The van der Waals surface area contributed by atoms with E-state index in [1.54, 1.807) is 13.0 Å². The van der Waals surface area contributed by atoms with E-state index in [1.807, 2.05) is 27.0 Å². The number of hydrogen-bond acceptors (Lipinski definition) is 7. The molecule has 2 rings (SSSR count). The Morgan fingerprint density at radius 1 is 1.22 bits per heavy atom. The molecule has 0 aliphatic rings. The number of carbonyl (C=O) groups excluding carboxylic acids is 2. The fourth-order valence-corrected chi connectivity index (χ4v) is 4.12. The molecule has 0 saturated carbocycles. The third-order valence-corrected chi connectivity index (χ3v) is 5.81. The van der Waals surface area contributed by atoms with Crippen molar-refractivity contribution < 1.29 is 14.3 Å². The smallest absolute Gasteiger partial charge is 0.341 e. The highest BCUT2D eigenvalue weighted by Gasteiger charge is 2.19. The lowest BCUT2D eigenvalue weighted by Gasteiger charge is -2.10. The van der Waals surface area contributed by atoms with Gasteiger partial charge in [-0.05, 0) is 51.5 Å². The summed E-state index contributed by atoms with van der Waals surface area (Å²) in [6, 6.07) is 1.79. The van der Waals surface area contributed by atoms with Gasteiger partial charge in [-0.2, -0.15) is 0 Å². The average Bonchev–Trinajstić information content (AvgIpc) is 3.04. The van der Waals surface area contributed by atoms with Gasteiger partial charge in [0.2, 0.25) is 5.91 Å². The molecule has 0 unspecified atom stereocenters. The van der Waals surface area contributed by atoms with E-state index < -0.39 is 5.97 Å². The van der Waals surface area contributed by atoms with E-state index in [0.29, 0.717) is 30.0 Å². The van der Waals surface area contributed by atoms with E-state index in [4.69, 9.17) is 4.74 Å². The first-order valence-corrected chi connectivity index (χ1v) is 10.9. The topological polar surface area (TPSA) is 81.2 Å². The van der Waals surface area contributed by atoms with E-state index >= 15 is 0 Å². The lowest BCUT2D eigenvalue weighted by molar-refractivity contribution is -0.116. The number of aromatic nitrogens is 2. The van der Waals surface area contributed by atoms with Gasteiger partial charge in [-0.3, -0.25) is 4.79 Å². The van der Waals surface area contributed by atoms with Crippen molar-refractivity contribution in [3.8, 4) is 0 Å². The predicted molar refractivity (Wildman–Crippen MR) is 110 cm³/mol. The van der Waals surface area contributed by atoms with Crippen molar-refractivity contribution in [3.63, 3.8) is 0 Å². The summed E-state index contributed by atoms with van der Waals surface area (Å²) in [4.78, 5) is 34.5. The number of thioether (sulfide) groups is 1. The van der Waals surface area contributed by atoms with E-state index in [0.717, 1.165) is 33.4 Å². The summed E-state index contributed by atoms with van der Waals surface area (Å²) >= 11 is 2.92. The molecule has 146 valence electrons. The maximum absolute atomic E-state index is 12.5. The zero-order chi connectivity index (χ0) is 20.0. The number of thiophene rings is 1. The number of esters is 1. The Hall–Kier alpha value is -1.93. The minimum Gasteiger partial charge on any atom is -0.462 e. The second-order valence-electron chi connectivity index (χ2n) is 5.94. The molecule has 0 aliphatic heterocycles. The van der Waals surface area contributed by atoms with Gasteiger partial charge in [0, 0.05) is 22.7 Å². The van der Waals surface area contributed by atoms with Crippen LogP contribution in [0.4, 0.5) is 5.00 Å². The average molecular weight is 408 g/mol.